The number of carboxylic acid groups (broad SMARTS) is 1. The molecule has 0 aliphatic rings. The Hall–Kier alpha value is -3.99. The van der Waals surface area contributed by atoms with Crippen LogP contribution >= 0.6 is 0 Å². The average molecular weight is 453 g/mol. The molecule has 1 aromatic heterocycles. The number of nitrogens with zero attached hydrogens (tertiary/aromatic N) is 1. The molecule has 0 fully saturated rings. The minimum Gasteiger partial charge on any atom is -0.481 e. The zero-order valence-corrected chi connectivity index (χ0v) is 19.0. The number of H-pyrrole nitrogens is 1. The summed E-state index contributed by atoms with van der Waals surface area (Å²) in [5.74, 6) is -0.861. The van der Waals surface area contributed by atoms with Crippen LogP contribution in [-0.4, -0.2) is 21.3 Å². The van der Waals surface area contributed by atoms with E-state index in [2.05, 4.69) is 46.6 Å². The highest BCUT2D eigenvalue weighted by molar-refractivity contribution is 5.67. The first-order valence-corrected chi connectivity index (χ1v) is 11.6. The van der Waals surface area contributed by atoms with Gasteiger partial charge >= 0.3 is 5.97 Å². The van der Waals surface area contributed by atoms with E-state index in [1.807, 2.05) is 48.5 Å². The second-order valence-corrected chi connectivity index (χ2v) is 8.46. The van der Waals surface area contributed by atoms with Crippen molar-refractivity contribution >= 4 is 5.97 Å². The predicted octanol–water partition coefficient (Wildman–Crippen LogP) is 5.14. The minimum absolute atomic E-state index is 0.0754. The normalized spacial score (nSPS) is 11.0. The number of benzene rings is 3. The van der Waals surface area contributed by atoms with Crippen LogP contribution in [0.25, 0.3) is 0 Å². The van der Waals surface area contributed by atoms with Crippen molar-refractivity contribution < 1.29 is 9.90 Å². The second-order valence-electron chi connectivity index (χ2n) is 8.46. The number of aromatic amines is 1. The molecule has 0 radical (unpaired) electrons. The Balaban J connectivity index is 1.57. The van der Waals surface area contributed by atoms with Gasteiger partial charge in [-0.2, -0.15) is 5.10 Å². The lowest BCUT2D eigenvalue weighted by Gasteiger charge is -2.20. The van der Waals surface area contributed by atoms with E-state index in [0.29, 0.717) is 6.42 Å². The van der Waals surface area contributed by atoms with Crippen molar-refractivity contribution in [1.29, 1.82) is 0 Å². The molecular formula is C29H28N2O3. The third-order valence-electron chi connectivity index (χ3n) is 5.99. The van der Waals surface area contributed by atoms with Crippen LogP contribution in [0.15, 0.2) is 95.8 Å². The zero-order chi connectivity index (χ0) is 23.8. The molecule has 4 aromatic rings. The lowest BCUT2D eigenvalue weighted by molar-refractivity contribution is -0.136. The van der Waals surface area contributed by atoms with Gasteiger partial charge in [-0.25, -0.2) is 5.10 Å². The maximum Gasteiger partial charge on any atom is 0.303 e. The van der Waals surface area contributed by atoms with Gasteiger partial charge in [0, 0.05) is 12.5 Å². The summed E-state index contributed by atoms with van der Waals surface area (Å²) >= 11 is 0. The van der Waals surface area contributed by atoms with Crippen molar-refractivity contribution in [1.82, 2.24) is 10.2 Å². The van der Waals surface area contributed by atoms with Crippen LogP contribution in [0.1, 0.15) is 52.3 Å². The summed E-state index contributed by atoms with van der Waals surface area (Å²) in [6.45, 7) is 0. The fourth-order valence-electron chi connectivity index (χ4n) is 4.38. The van der Waals surface area contributed by atoms with Gasteiger partial charge < -0.3 is 5.11 Å². The number of nitrogens with one attached hydrogen (secondary N) is 1. The van der Waals surface area contributed by atoms with E-state index in [0.717, 1.165) is 47.2 Å². The Labute approximate surface area is 199 Å². The van der Waals surface area contributed by atoms with Crippen molar-refractivity contribution in [3.8, 4) is 0 Å². The molecule has 0 aliphatic heterocycles. The summed E-state index contributed by atoms with van der Waals surface area (Å²) in [7, 11) is 0. The summed E-state index contributed by atoms with van der Waals surface area (Å²) in [6.07, 6.45) is 3.08. The van der Waals surface area contributed by atoms with Crippen molar-refractivity contribution in [2.75, 3.05) is 0 Å². The number of aliphatic carboxylic acids is 1. The molecule has 5 heteroatoms. The lowest BCUT2D eigenvalue weighted by atomic mass is 9.85. The van der Waals surface area contributed by atoms with E-state index < -0.39 is 5.97 Å². The van der Waals surface area contributed by atoms with E-state index in [9.17, 15) is 9.59 Å². The van der Waals surface area contributed by atoms with E-state index in [4.69, 9.17) is 5.11 Å². The maximum atomic E-state index is 12.2. The largest absolute Gasteiger partial charge is 0.481 e. The Bertz CT molecular complexity index is 1240. The molecule has 0 saturated heterocycles. The lowest BCUT2D eigenvalue weighted by Crippen LogP contribution is -2.17. The van der Waals surface area contributed by atoms with Crippen molar-refractivity contribution in [2.45, 2.75) is 38.0 Å². The summed E-state index contributed by atoms with van der Waals surface area (Å²) in [5, 5.41) is 16.1. The van der Waals surface area contributed by atoms with Crippen molar-refractivity contribution in [3.05, 3.63) is 135 Å². The molecule has 0 amide bonds. The number of hydrogen-bond donors (Lipinski definition) is 2. The highest BCUT2D eigenvalue weighted by Crippen LogP contribution is 2.32. The Morgan fingerprint density at radius 1 is 0.794 bits per heavy atom. The van der Waals surface area contributed by atoms with Crippen LogP contribution < -0.4 is 5.56 Å². The molecule has 0 bridgehead atoms. The van der Waals surface area contributed by atoms with Gasteiger partial charge in [-0.3, -0.25) is 9.59 Å². The number of hydrogen-bond acceptors (Lipinski definition) is 3. The van der Waals surface area contributed by atoms with Crippen LogP contribution in [-0.2, 0) is 24.1 Å². The Kier molecular flexibility index (Phi) is 7.66. The van der Waals surface area contributed by atoms with Crippen LogP contribution in [0.2, 0.25) is 0 Å². The van der Waals surface area contributed by atoms with Gasteiger partial charge in [0.05, 0.1) is 11.6 Å². The molecule has 34 heavy (non-hydrogen) atoms. The number of carboxylic acids is 1. The first kappa shape index (κ1) is 23.2. The van der Waals surface area contributed by atoms with E-state index >= 15 is 0 Å². The molecular weight excluding hydrogens is 424 g/mol. The number of carbonyl (C=O) groups is 1. The number of rotatable bonds is 10. The fraction of sp³-hybridized carbons (Fsp3) is 0.207. The summed E-state index contributed by atoms with van der Waals surface area (Å²) < 4.78 is 0. The molecule has 0 saturated carbocycles. The smallest absolute Gasteiger partial charge is 0.303 e. The summed E-state index contributed by atoms with van der Waals surface area (Å²) in [6, 6.07) is 30.2. The van der Waals surface area contributed by atoms with Crippen LogP contribution in [0.5, 0.6) is 0 Å². The highest BCUT2D eigenvalue weighted by atomic mass is 16.4. The Morgan fingerprint density at radius 3 is 2.03 bits per heavy atom. The van der Waals surface area contributed by atoms with Gasteiger partial charge in [-0.05, 0) is 53.5 Å². The molecule has 1 heterocycles. The van der Waals surface area contributed by atoms with Crippen LogP contribution in [0, 0.1) is 0 Å². The quantitative estimate of drug-likeness (QED) is 0.349. The van der Waals surface area contributed by atoms with Gasteiger partial charge in [0.2, 0.25) is 0 Å². The van der Waals surface area contributed by atoms with Crippen LogP contribution in [0.4, 0.5) is 0 Å². The number of aryl methyl sites for hydroxylation is 3. The number of aromatic nitrogens is 2. The zero-order valence-electron chi connectivity index (χ0n) is 19.0. The highest BCUT2D eigenvalue weighted by Gasteiger charge is 2.21. The topological polar surface area (TPSA) is 83.0 Å². The van der Waals surface area contributed by atoms with Crippen molar-refractivity contribution in [2.24, 2.45) is 0 Å². The van der Waals surface area contributed by atoms with Crippen molar-refractivity contribution in [3.63, 3.8) is 0 Å². The molecule has 0 unspecified atom stereocenters. The first-order chi connectivity index (χ1) is 16.6. The molecule has 0 atom stereocenters. The Morgan fingerprint density at radius 2 is 1.41 bits per heavy atom. The third-order valence-corrected chi connectivity index (χ3v) is 5.99. The van der Waals surface area contributed by atoms with E-state index in [-0.39, 0.29) is 17.9 Å². The average Bonchev–Trinajstić information content (AvgIpc) is 2.86. The van der Waals surface area contributed by atoms with Gasteiger partial charge in [0.25, 0.3) is 5.56 Å². The summed E-state index contributed by atoms with van der Waals surface area (Å²) in [4.78, 5) is 23.0. The SMILES string of the molecule is O=C(O)CCc1cccc(CCCc2cc(=O)[nH]nc2C(c2ccccc2)c2ccccc2)c1. The van der Waals surface area contributed by atoms with Gasteiger partial charge in [0.15, 0.2) is 0 Å². The molecule has 3 aromatic carbocycles. The maximum absolute atomic E-state index is 12.2. The fourth-order valence-corrected chi connectivity index (χ4v) is 4.38. The molecule has 5 nitrogen and oxygen atoms in total. The molecule has 4 rings (SSSR count). The van der Waals surface area contributed by atoms with Gasteiger partial charge in [-0.1, -0.05) is 84.9 Å². The second kappa shape index (κ2) is 11.2. The van der Waals surface area contributed by atoms with Crippen LogP contribution in [0.3, 0.4) is 0 Å². The van der Waals surface area contributed by atoms with E-state index in [1.165, 1.54) is 5.56 Å². The monoisotopic (exact) mass is 452 g/mol. The predicted molar refractivity (Wildman–Crippen MR) is 133 cm³/mol. The van der Waals surface area contributed by atoms with E-state index in [1.54, 1.807) is 6.07 Å². The van der Waals surface area contributed by atoms with Gasteiger partial charge in [0.1, 0.15) is 0 Å². The standard InChI is InChI=1S/C29H28N2O3/c32-26-20-25(16-8-11-21-9-7-10-22(19-21)17-18-27(33)34)29(31-30-26)28(23-12-3-1-4-13-23)24-14-5-2-6-15-24/h1-7,9-10,12-15,19-20,28H,8,11,16-18H2,(H,30,32)(H,33,34). The molecule has 172 valence electrons. The van der Waals surface area contributed by atoms with Gasteiger partial charge in [-0.15, -0.1) is 0 Å². The molecule has 0 spiro atoms. The minimum atomic E-state index is -0.786. The molecule has 2 N–H and O–H groups in total. The third kappa shape index (κ3) is 6.07. The summed E-state index contributed by atoms with van der Waals surface area (Å²) in [5.41, 5.74) is 6.07. The molecule has 0 aliphatic carbocycles. The first-order valence-electron chi connectivity index (χ1n) is 11.6.